The summed E-state index contributed by atoms with van der Waals surface area (Å²) < 4.78 is 0. The number of carbonyl (C=O) groups excluding carboxylic acids is 1. The van der Waals surface area contributed by atoms with Gasteiger partial charge in [-0.1, -0.05) is 6.07 Å². The van der Waals surface area contributed by atoms with Crippen molar-refractivity contribution < 1.29 is 4.79 Å². The molecule has 1 aromatic carbocycles. The number of hydrogen-bond acceptors (Lipinski definition) is 1. The molecule has 0 unspecified atom stereocenters. The van der Waals surface area contributed by atoms with E-state index in [0.717, 1.165) is 11.3 Å². The number of urea groups is 1. The number of benzene rings is 1. The maximum Gasteiger partial charge on any atom is 0.306 e. The lowest BCUT2D eigenvalue weighted by Gasteiger charge is -2.06. The van der Waals surface area contributed by atoms with Gasteiger partial charge in [0.05, 0.1) is 0 Å². The van der Waals surface area contributed by atoms with Crippen molar-refractivity contribution in [3.8, 4) is 0 Å². The summed E-state index contributed by atoms with van der Waals surface area (Å²) in [5.41, 5.74) is 3.07. The van der Waals surface area contributed by atoms with Crippen molar-refractivity contribution in [3.05, 3.63) is 29.3 Å². The molecule has 0 aromatic heterocycles. The Balaban J connectivity index is 2.79. The van der Waals surface area contributed by atoms with E-state index < -0.39 is 6.03 Å². The van der Waals surface area contributed by atoms with Gasteiger partial charge in [0, 0.05) is 5.69 Å². The van der Waals surface area contributed by atoms with Gasteiger partial charge in [-0.3, -0.25) is 0 Å². The molecular weight excluding hydrogens is 163 g/mol. The Hall–Kier alpha value is -1.45. The monoisotopic (exact) mass is 174 g/mol. The first-order valence-corrected chi connectivity index (χ1v) is 3.98. The lowest BCUT2D eigenvalue weighted by atomic mass is 10.1. The molecule has 2 N–H and O–H groups in total. The van der Waals surface area contributed by atoms with E-state index in [1.54, 1.807) is 0 Å². The van der Waals surface area contributed by atoms with Crippen molar-refractivity contribution in [3.63, 3.8) is 0 Å². The van der Waals surface area contributed by atoms with Crippen LogP contribution in [0.1, 0.15) is 11.1 Å². The Bertz CT molecular complexity index is 325. The van der Waals surface area contributed by atoms with Gasteiger partial charge in [-0.15, -0.1) is 0 Å². The predicted octanol–water partition coefficient (Wildman–Crippen LogP) is 1.51. The molecule has 66 valence electrons. The molecule has 2 amide bonds. The fraction of sp³-hybridized carbons (Fsp3) is 0.222. The van der Waals surface area contributed by atoms with E-state index in [1.807, 2.05) is 37.3 Å². The van der Waals surface area contributed by atoms with E-state index in [-0.39, 0.29) is 0 Å². The first kappa shape index (κ1) is 9.64. The van der Waals surface area contributed by atoms with Crippen LogP contribution in [0.5, 0.6) is 0 Å². The van der Waals surface area contributed by atoms with Crippen molar-refractivity contribution in [2.75, 3.05) is 5.32 Å². The first-order chi connectivity index (χ1) is 6.13. The molecule has 0 heterocycles. The third kappa shape index (κ3) is 2.51. The van der Waals surface area contributed by atoms with Crippen LogP contribution < -0.4 is 10.5 Å². The second-order valence-electron chi connectivity index (χ2n) is 2.90. The Morgan fingerprint density at radius 3 is 2.54 bits per heavy atom. The van der Waals surface area contributed by atoms with Crippen LogP contribution in [0.2, 0.25) is 0 Å². The molecule has 0 aliphatic heterocycles. The second-order valence-corrected chi connectivity index (χ2v) is 2.90. The van der Waals surface area contributed by atoms with Crippen LogP contribution >= 0.6 is 0 Å². The van der Waals surface area contributed by atoms with Crippen LogP contribution in [0.3, 0.4) is 0 Å². The summed E-state index contributed by atoms with van der Waals surface area (Å²) >= 11 is 0. The maximum absolute atomic E-state index is 10.8. The number of rotatable bonds is 1. The quantitative estimate of drug-likeness (QED) is 0.622. The average Bonchev–Trinajstić information content (AvgIpc) is 2.11. The fourth-order valence-corrected chi connectivity index (χ4v) is 0.986. The van der Waals surface area contributed by atoms with Gasteiger partial charge in [0.2, 0.25) is 7.98 Å². The number of anilines is 1. The van der Waals surface area contributed by atoms with E-state index in [4.69, 9.17) is 7.98 Å². The number of carbonyl (C=O) groups is 1. The maximum atomic E-state index is 10.8. The molecule has 1 rings (SSSR count). The van der Waals surface area contributed by atoms with E-state index in [1.165, 1.54) is 5.56 Å². The zero-order chi connectivity index (χ0) is 9.84. The zero-order valence-electron chi connectivity index (χ0n) is 7.72. The van der Waals surface area contributed by atoms with E-state index >= 15 is 0 Å². The van der Waals surface area contributed by atoms with E-state index in [0.29, 0.717) is 0 Å². The molecule has 0 saturated carbocycles. The molecule has 0 spiro atoms. The minimum atomic E-state index is -0.414. The topological polar surface area (TPSA) is 41.1 Å². The minimum Gasteiger partial charge on any atom is -0.391 e. The van der Waals surface area contributed by atoms with Gasteiger partial charge in [-0.05, 0) is 37.1 Å². The van der Waals surface area contributed by atoms with Gasteiger partial charge in [-0.2, -0.15) is 0 Å². The molecule has 1 aromatic rings. The van der Waals surface area contributed by atoms with Crippen LogP contribution in [0.25, 0.3) is 0 Å². The van der Waals surface area contributed by atoms with Crippen molar-refractivity contribution in [2.45, 2.75) is 13.8 Å². The van der Waals surface area contributed by atoms with Crippen LogP contribution in [0.15, 0.2) is 18.2 Å². The smallest absolute Gasteiger partial charge is 0.306 e. The van der Waals surface area contributed by atoms with Crippen LogP contribution in [-0.4, -0.2) is 14.0 Å². The van der Waals surface area contributed by atoms with Gasteiger partial charge in [0.15, 0.2) is 0 Å². The molecule has 0 bridgehead atoms. The summed E-state index contributed by atoms with van der Waals surface area (Å²) in [6.07, 6.45) is 0. The van der Waals surface area contributed by atoms with Crippen LogP contribution in [0.4, 0.5) is 10.5 Å². The standard InChI is InChI=1S/C9H11BN2O/c1-6-3-4-8(5-7(6)2)11-9(13)12-10/h3-5H,1-2H3,(H2,11,12,13). The fourth-order valence-electron chi connectivity index (χ4n) is 0.986. The van der Waals surface area contributed by atoms with Crippen molar-refractivity contribution >= 4 is 19.7 Å². The largest absolute Gasteiger partial charge is 0.391 e. The highest BCUT2D eigenvalue weighted by Crippen LogP contribution is 2.13. The Morgan fingerprint density at radius 1 is 1.31 bits per heavy atom. The van der Waals surface area contributed by atoms with E-state index in [2.05, 4.69) is 5.32 Å². The molecule has 3 nitrogen and oxygen atoms in total. The highest BCUT2D eigenvalue weighted by atomic mass is 16.2. The third-order valence-electron chi connectivity index (χ3n) is 1.90. The molecule has 0 atom stereocenters. The van der Waals surface area contributed by atoms with Gasteiger partial charge < -0.3 is 10.5 Å². The van der Waals surface area contributed by atoms with Gasteiger partial charge >= 0.3 is 6.03 Å². The zero-order valence-corrected chi connectivity index (χ0v) is 7.72. The summed E-state index contributed by atoms with van der Waals surface area (Å²) in [7, 11) is 4.93. The Kier molecular flexibility index (Phi) is 2.95. The molecule has 0 saturated heterocycles. The number of hydrogen-bond donors (Lipinski definition) is 2. The number of nitrogens with one attached hydrogen (secondary N) is 2. The summed E-state index contributed by atoms with van der Waals surface area (Å²) in [5.74, 6) is 0. The molecule has 13 heavy (non-hydrogen) atoms. The molecule has 2 radical (unpaired) electrons. The number of aryl methyl sites for hydroxylation is 2. The lowest BCUT2D eigenvalue weighted by Crippen LogP contribution is -2.25. The predicted molar refractivity (Wildman–Crippen MR) is 53.8 cm³/mol. The van der Waals surface area contributed by atoms with Gasteiger partial charge in [-0.25, -0.2) is 4.79 Å². The van der Waals surface area contributed by atoms with Crippen molar-refractivity contribution in [1.29, 1.82) is 0 Å². The molecular formula is C9H11BN2O. The normalized spacial score (nSPS) is 9.38. The van der Waals surface area contributed by atoms with Crippen molar-refractivity contribution in [1.82, 2.24) is 5.23 Å². The summed E-state index contributed by atoms with van der Waals surface area (Å²) in [6.45, 7) is 4.00. The average molecular weight is 174 g/mol. The summed E-state index contributed by atoms with van der Waals surface area (Å²) in [6, 6.07) is 5.26. The van der Waals surface area contributed by atoms with E-state index in [9.17, 15) is 4.79 Å². The first-order valence-electron chi connectivity index (χ1n) is 3.98. The van der Waals surface area contributed by atoms with Crippen LogP contribution in [0, 0.1) is 13.8 Å². The third-order valence-corrected chi connectivity index (χ3v) is 1.90. The van der Waals surface area contributed by atoms with Crippen molar-refractivity contribution in [2.24, 2.45) is 0 Å². The minimum absolute atomic E-state index is 0.414. The van der Waals surface area contributed by atoms with Crippen LogP contribution in [-0.2, 0) is 0 Å². The SMILES string of the molecule is [B]NC(=O)Nc1ccc(C)c(C)c1. The Morgan fingerprint density at radius 2 is 2.00 bits per heavy atom. The highest BCUT2D eigenvalue weighted by Gasteiger charge is 1.98. The highest BCUT2D eigenvalue weighted by molar-refractivity contribution is 6.16. The molecule has 0 aliphatic rings. The lowest BCUT2D eigenvalue weighted by molar-refractivity contribution is 0.257. The summed E-state index contributed by atoms with van der Waals surface area (Å²) in [5, 5.41) is 4.58. The van der Waals surface area contributed by atoms with Gasteiger partial charge in [0.1, 0.15) is 0 Å². The second kappa shape index (κ2) is 3.98. The van der Waals surface area contributed by atoms with Gasteiger partial charge in [0.25, 0.3) is 0 Å². The summed E-state index contributed by atoms with van der Waals surface area (Å²) in [4.78, 5) is 10.8. The molecule has 4 heteroatoms. The molecule has 0 fully saturated rings. The number of amides is 2. The Labute approximate surface area is 79.0 Å². The molecule has 0 aliphatic carbocycles.